The van der Waals surface area contributed by atoms with Gasteiger partial charge in [0.2, 0.25) is 0 Å². The predicted molar refractivity (Wildman–Crippen MR) is 72.1 cm³/mol. The topological polar surface area (TPSA) is 98.0 Å². The zero-order chi connectivity index (χ0) is 14.0. The number of hydrogen-bond acceptors (Lipinski definition) is 3. The van der Waals surface area contributed by atoms with Crippen LogP contribution in [0.1, 0.15) is 24.9 Å². The summed E-state index contributed by atoms with van der Waals surface area (Å²) in [5.41, 5.74) is 1.98. The van der Waals surface area contributed by atoms with Crippen LogP contribution in [0.5, 0.6) is 0 Å². The molecule has 0 amide bonds. The fourth-order valence-corrected chi connectivity index (χ4v) is 2.40. The Balaban J connectivity index is 2.44. The van der Waals surface area contributed by atoms with Crippen LogP contribution in [0.3, 0.4) is 0 Å². The van der Waals surface area contributed by atoms with Crippen molar-refractivity contribution in [2.75, 3.05) is 7.05 Å². The van der Waals surface area contributed by atoms with Crippen molar-refractivity contribution in [2.24, 2.45) is 5.92 Å². The number of carboxylic acid groups (broad SMARTS) is 1. The Morgan fingerprint density at radius 1 is 1.37 bits per heavy atom. The Bertz CT molecular complexity index is 644. The van der Waals surface area contributed by atoms with Crippen LogP contribution >= 0.6 is 0 Å². The highest BCUT2D eigenvalue weighted by Crippen LogP contribution is 2.26. The Labute approximate surface area is 109 Å². The number of hydrogen-bond donors (Lipinski definition) is 4. The number of aliphatic carboxylic acids is 1. The van der Waals surface area contributed by atoms with Crippen LogP contribution in [0.2, 0.25) is 0 Å². The van der Waals surface area contributed by atoms with Gasteiger partial charge in [0.15, 0.2) is 0 Å². The van der Waals surface area contributed by atoms with E-state index in [-0.39, 0.29) is 11.7 Å². The molecule has 4 N–H and O–H groups in total. The van der Waals surface area contributed by atoms with Gasteiger partial charge in [-0.3, -0.25) is 4.79 Å². The molecule has 0 bridgehead atoms. The molecule has 0 saturated heterocycles. The van der Waals surface area contributed by atoms with Crippen molar-refractivity contribution in [3.8, 4) is 0 Å². The first-order chi connectivity index (χ1) is 9.06. The lowest BCUT2D eigenvalue weighted by Crippen LogP contribution is -2.30. The number of rotatable bonds is 5. The first-order valence-electron chi connectivity index (χ1n) is 6.18. The summed E-state index contributed by atoms with van der Waals surface area (Å²) in [6, 6.07) is 5.13. The minimum absolute atomic E-state index is 0.265. The smallest absolute Gasteiger partial charge is 0.323 e. The molecule has 2 unspecified atom stereocenters. The maximum Gasteiger partial charge on any atom is 0.323 e. The van der Waals surface area contributed by atoms with Gasteiger partial charge in [-0.1, -0.05) is 13.0 Å². The third-order valence-electron chi connectivity index (χ3n) is 3.37. The predicted octanol–water partition coefficient (Wildman–Crippen LogP) is 1.23. The quantitative estimate of drug-likeness (QED) is 0.652. The first kappa shape index (κ1) is 13.4. The summed E-state index contributed by atoms with van der Waals surface area (Å²) in [6.07, 6.45) is 0.530. The third-order valence-corrected chi connectivity index (χ3v) is 3.37. The van der Waals surface area contributed by atoms with Gasteiger partial charge in [0.1, 0.15) is 0 Å². The Kier molecular flexibility index (Phi) is 3.71. The summed E-state index contributed by atoms with van der Waals surface area (Å²) in [5, 5.41) is 12.3. The summed E-state index contributed by atoms with van der Waals surface area (Å²) in [5.74, 6) is -1.34. The van der Waals surface area contributed by atoms with Gasteiger partial charge in [-0.2, -0.15) is 0 Å². The Morgan fingerprint density at radius 3 is 2.63 bits per heavy atom. The zero-order valence-corrected chi connectivity index (χ0v) is 10.9. The van der Waals surface area contributed by atoms with E-state index in [2.05, 4.69) is 15.3 Å². The fraction of sp³-hybridized carbons (Fsp3) is 0.385. The maximum absolute atomic E-state index is 11.3. The number of carboxylic acids is 1. The van der Waals surface area contributed by atoms with E-state index in [1.807, 2.05) is 13.0 Å². The fourth-order valence-electron chi connectivity index (χ4n) is 2.40. The monoisotopic (exact) mass is 263 g/mol. The van der Waals surface area contributed by atoms with Crippen LogP contribution in [0.15, 0.2) is 23.0 Å². The molecule has 0 aliphatic heterocycles. The highest BCUT2D eigenvalue weighted by atomic mass is 16.4. The van der Waals surface area contributed by atoms with Crippen LogP contribution < -0.4 is 11.0 Å². The van der Waals surface area contributed by atoms with E-state index in [0.29, 0.717) is 17.5 Å². The van der Waals surface area contributed by atoms with Crippen LogP contribution in [0.4, 0.5) is 0 Å². The summed E-state index contributed by atoms with van der Waals surface area (Å²) < 4.78 is 0. The second-order valence-corrected chi connectivity index (χ2v) is 4.50. The second kappa shape index (κ2) is 5.27. The summed E-state index contributed by atoms with van der Waals surface area (Å²) in [4.78, 5) is 27.8. The van der Waals surface area contributed by atoms with Gasteiger partial charge in [0.25, 0.3) is 0 Å². The molecule has 2 atom stereocenters. The van der Waals surface area contributed by atoms with Crippen molar-refractivity contribution < 1.29 is 9.90 Å². The van der Waals surface area contributed by atoms with Crippen LogP contribution in [0.25, 0.3) is 11.0 Å². The number of imidazole rings is 1. The standard InChI is InChI=1S/C13H17N3O3/c1-3-8(12(17)18)11(14-2)7-4-5-9-10(6-7)16-13(19)15-9/h4-6,8,11,14H,3H2,1-2H3,(H,17,18)(H2,15,16,19). The van der Waals surface area contributed by atoms with Gasteiger partial charge in [-0.05, 0) is 31.2 Å². The Morgan fingerprint density at radius 2 is 2.05 bits per heavy atom. The molecule has 2 aromatic rings. The van der Waals surface area contributed by atoms with Gasteiger partial charge >= 0.3 is 11.7 Å². The number of fused-ring (bicyclic) bond motifs is 1. The van der Waals surface area contributed by atoms with Crippen LogP contribution in [-0.2, 0) is 4.79 Å². The van der Waals surface area contributed by atoms with E-state index in [0.717, 1.165) is 5.56 Å². The molecule has 0 aliphatic carbocycles. The number of carbonyl (C=O) groups is 1. The summed E-state index contributed by atoms with van der Waals surface area (Å²) in [6.45, 7) is 1.85. The minimum atomic E-state index is -0.829. The van der Waals surface area contributed by atoms with E-state index in [9.17, 15) is 14.7 Å². The highest BCUT2D eigenvalue weighted by molar-refractivity contribution is 5.76. The summed E-state index contributed by atoms with van der Waals surface area (Å²) in [7, 11) is 1.74. The maximum atomic E-state index is 11.3. The van der Waals surface area contributed by atoms with E-state index in [4.69, 9.17) is 0 Å². The molecule has 2 rings (SSSR count). The Hall–Kier alpha value is -2.08. The molecule has 0 saturated carbocycles. The zero-order valence-electron chi connectivity index (χ0n) is 10.9. The molecule has 0 spiro atoms. The van der Waals surface area contributed by atoms with Gasteiger partial charge in [-0.25, -0.2) is 4.79 Å². The molecule has 102 valence electrons. The average Bonchev–Trinajstić information content (AvgIpc) is 2.74. The highest BCUT2D eigenvalue weighted by Gasteiger charge is 2.26. The molecule has 1 aromatic heterocycles. The van der Waals surface area contributed by atoms with E-state index >= 15 is 0 Å². The van der Waals surface area contributed by atoms with Crippen molar-refractivity contribution in [3.05, 3.63) is 34.2 Å². The molecular weight excluding hydrogens is 246 g/mol. The number of aromatic nitrogens is 2. The largest absolute Gasteiger partial charge is 0.481 e. The van der Waals surface area contributed by atoms with Gasteiger partial charge in [-0.15, -0.1) is 0 Å². The molecule has 0 radical (unpaired) electrons. The number of benzene rings is 1. The van der Waals surface area contributed by atoms with Crippen molar-refractivity contribution in [1.29, 1.82) is 0 Å². The first-order valence-corrected chi connectivity index (χ1v) is 6.18. The minimum Gasteiger partial charge on any atom is -0.481 e. The van der Waals surface area contributed by atoms with Crippen molar-refractivity contribution in [2.45, 2.75) is 19.4 Å². The molecular formula is C13H17N3O3. The van der Waals surface area contributed by atoms with Crippen molar-refractivity contribution >= 4 is 17.0 Å². The molecule has 1 heterocycles. The van der Waals surface area contributed by atoms with Crippen molar-refractivity contribution in [3.63, 3.8) is 0 Å². The van der Waals surface area contributed by atoms with Crippen LogP contribution in [-0.4, -0.2) is 28.1 Å². The lowest BCUT2D eigenvalue weighted by molar-refractivity contribution is -0.143. The van der Waals surface area contributed by atoms with Gasteiger partial charge < -0.3 is 20.4 Å². The SMILES string of the molecule is CCC(C(=O)O)C(NC)c1ccc2[nH]c(=O)[nH]c2c1. The lowest BCUT2D eigenvalue weighted by Gasteiger charge is -2.23. The number of nitrogens with one attached hydrogen (secondary N) is 3. The number of H-pyrrole nitrogens is 2. The van der Waals surface area contributed by atoms with E-state index in [1.54, 1.807) is 19.2 Å². The molecule has 0 fully saturated rings. The van der Waals surface area contributed by atoms with E-state index < -0.39 is 11.9 Å². The van der Waals surface area contributed by atoms with E-state index in [1.165, 1.54) is 0 Å². The third kappa shape index (κ3) is 2.53. The molecule has 6 heteroatoms. The molecule has 6 nitrogen and oxygen atoms in total. The normalized spacial score (nSPS) is 14.4. The molecule has 0 aliphatic rings. The second-order valence-electron chi connectivity index (χ2n) is 4.50. The summed E-state index contributed by atoms with van der Waals surface area (Å²) >= 11 is 0. The number of aromatic amines is 2. The average molecular weight is 263 g/mol. The molecule has 19 heavy (non-hydrogen) atoms. The van der Waals surface area contributed by atoms with Crippen molar-refractivity contribution in [1.82, 2.24) is 15.3 Å². The van der Waals surface area contributed by atoms with Gasteiger partial charge in [0.05, 0.1) is 17.0 Å². The van der Waals surface area contributed by atoms with Crippen LogP contribution in [0, 0.1) is 5.92 Å². The lowest BCUT2D eigenvalue weighted by atomic mass is 9.91. The molecule has 1 aromatic carbocycles. The van der Waals surface area contributed by atoms with Gasteiger partial charge in [0, 0.05) is 6.04 Å².